The first kappa shape index (κ1) is 18.6. The first-order chi connectivity index (χ1) is 9.86. The smallest absolute Gasteiger partial charge is 0.127 e. The average Bonchev–Trinajstić information content (AvgIpc) is 2.42. The van der Waals surface area contributed by atoms with E-state index in [2.05, 4.69) is 60.8 Å². The number of likely N-dealkylation sites (N-methyl/N-ethyl adjacent to an activating group) is 2. The van der Waals surface area contributed by atoms with Crippen LogP contribution in [0.4, 0.5) is 4.39 Å². The van der Waals surface area contributed by atoms with Crippen molar-refractivity contribution in [1.29, 1.82) is 0 Å². The van der Waals surface area contributed by atoms with Gasteiger partial charge in [0.15, 0.2) is 0 Å². The number of hydrogen-bond donors (Lipinski definition) is 1. The normalized spacial score (nSPS) is 13.7. The molecule has 0 radical (unpaired) electrons. The van der Waals surface area contributed by atoms with Gasteiger partial charge in [-0.25, -0.2) is 4.39 Å². The van der Waals surface area contributed by atoms with Crippen molar-refractivity contribution in [1.82, 2.24) is 10.2 Å². The lowest BCUT2D eigenvalue weighted by Gasteiger charge is -2.44. The summed E-state index contributed by atoms with van der Waals surface area (Å²) in [4.78, 5) is 2.43. The Bertz CT molecular complexity index is 444. The van der Waals surface area contributed by atoms with Crippen molar-refractivity contribution in [3.05, 3.63) is 34.1 Å². The Labute approximate surface area is 137 Å². The zero-order chi connectivity index (χ0) is 16.0. The van der Waals surface area contributed by atoms with Gasteiger partial charge in [-0.3, -0.25) is 4.90 Å². The fourth-order valence-electron chi connectivity index (χ4n) is 2.98. The van der Waals surface area contributed by atoms with E-state index >= 15 is 0 Å². The summed E-state index contributed by atoms with van der Waals surface area (Å²) in [7, 11) is 0. The van der Waals surface area contributed by atoms with E-state index in [-0.39, 0.29) is 17.4 Å². The molecule has 0 spiro atoms. The van der Waals surface area contributed by atoms with Crippen LogP contribution in [-0.4, -0.2) is 36.1 Å². The van der Waals surface area contributed by atoms with Gasteiger partial charge in [-0.2, -0.15) is 0 Å². The highest BCUT2D eigenvalue weighted by Crippen LogP contribution is 2.24. The van der Waals surface area contributed by atoms with E-state index in [0.29, 0.717) is 6.42 Å². The van der Waals surface area contributed by atoms with Crippen molar-refractivity contribution in [3.63, 3.8) is 0 Å². The third kappa shape index (κ3) is 4.76. The standard InChI is InChI=1S/C17H28BrFN2/c1-6-20-16(17(4,5)21(7-2)8-3)11-13-9-10-14(18)12-15(13)19/h9-10,12,16,20H,6-8,11H2,1-5H3. The molecule has 0 aromatic heterocycles. The molecule has 0 aliphatic heterocycles. The molecular formula is C17H28BrFN2. The third-order valence-corrected chi connectivity index (χ3v) is 4.81. The minimum absolute atomic E-state index is 0.0287. The number of halogens is 2. The Morgan fingerprint density at radius 3 is 2.33 bits per heavy atom. The number of nitrogens with one attached hydrogen (secondary N) is 1. The van der Waals surface area contributed by atoms with E-state index in [4.69, 9.17) is 0 Å². The quantitative estimate of drug-likeness (QED) is 0.747. The summed E-state index contributed by atoms with van der Waals surface area (Å²) in [6, 6.07) is 5.54. The summed E-state index contributed by atoms with van der Waals surface area (Å²) in [5.74, 6) is -0.136. The summed E-state index contributed by atoms with van der Waals surface area (Å²) < 4.78 is 14.9. The van der Waals surface area contributed by atoms with E-state index in [1.54, 1.807) is 6.07 Å². The molecule has 1 aromatic carbocycles. The molecule has 1 N–H and O–H groups in total. The summed E-state index contributed by atoms with van der Waals surface area (Å²) >= 11 is 3.31. The first-order valence-electron chi connectivity index (χ1n) is 7.79. The number of nitrogens with zero attached hydrogens (tertiary/aromatic N) is 1. The lowest BCUT2D eigenvalue weighted by atomic mass is 9.87. The predicted molar refractivity (Wildman–Crippen MR) is 92.3 cm³/mol. The van der Waals surface area contributed by atoms with Crippen LogP contribution in [0, 0.1) is 5.82 Å². The molecule has 1 aromatic rings. The number of rotatable bonds is 8. The minimum atomic E-state index is -0.136. The molecule has 21 heavy (non-hydrogen) atoms. The highest BCUT2D eigenvalue weighted by Gasteiger charge is 2.33. The van der Waals surface area contributed by atoms with Crippen molar-refractivity contribution in [2.75, 3.05) is 19.6 Å². The van der Waals surface area contributed by atoms with Crippen LogP contribution in [-0.2, 0) is 6.42 Å². The molecule has 0 bridgehead atoms. The van der Waals surface area contributed by atoms with Crippen molar-refractivity contribution < 1.29 is 4.39 Å². The Hall–Kier alpha value is -0.450. The van der Waals surface area contributed by atoms with Gasteiger partial charge in [0, 0.05) is 16.1 Å². The molecule has 0 aliphatic rings. The van der Waals surface area contributed by atoms with Gasteiger partial charge in [0.05, 0.1) is 0 Å². The number of benzene rings is 1. The van der Waals surface area contributed by atoms with Gasteiger partial charge in [-0.15, -0.1) is 0 Å². The van der Waals surface area contributed by atoms with Gasteiger partial charge in [0.2, 0.25) is 0 Å². The van der Waals surface area contributed by atoms with Crippen LogP contribution in [0.25, 0.3) is 0 Å². The van der Waals surface area contributed by atoms with Crippen LogP contribution < -0.4 is 5.32 Å². The van der Waals surface area contributed by atoms with E-state index in [0.717, 1.165) is 29.7 Å². The van der Waals surface area contributed by atoms with Crippen LogP contribution in [0.1, 0.15) is 40.2 Å². The summed E-state index contributed by atoms with van der Waals surface area (Å²) in [5, 5.41) is 3.54. The largest absolute Gasteiger partial charge is 0.312 e. The summed E-state index contributed by atoms with van der Waals surface area (Å²) in [5.41, 5.74) is 0.739. The molecular weight excluding hydrogens is 331 g/mol. The SMILES string of the molecule is CCNC(Cc1ccc(Br)cc1F)C(C)(C)N(CC)CC. The maximum absolute atomic E-state index is 14.1. The lowest BCUT2D eigenvalue weighted by molar-refractivity contribution is 0.0915. The minimum Gasteiger partial charge on any atom is -0.312 e. The van der Waals surface area contributed by atoms with Gasteiger partial charge in [-0.1, -0.05) is 42.8 Å². The number of hydrogen-bond acceptors (Lipinski definition) is 2. The summed E-state index contributed by atoms with van der Waals surface area (Å²) in [6.45, 7) is 13.8. The zero-order valence-corrected chi connectivity index (χ0v) is 15.4. The average molecular weight is 359 g/mol. The van der Waals surface area contributed by atoms with Gasteiger partial charge < -0.3 is 5.32 Å². The highest BCUT2D eigenvalue weighted by molar-refractivity contribution is 9.10. The fraction of sp³-hybridized carbons (Fsp3) is 0.647. The second kappa shape index (κ2) is 8.25. The Balaban J connectivity index is 3.00. The molecule has 0 amide bonds. The van der Waals surface area contributed by atoms with E-state index < -0.39 is 0 Å². The topological polar surface area (TPSA) is 15.3 Å². The predicted octanol–water partition coefficient (Wildman–Crippen LogP) is 4.23. The van der Waals surface area contributed by atoms with E-state index in [1.807, 2.05) is 12.1 Å². The monoisotopic (exact) mass is 358 g/mol. The van der Waals surface area contributed by atoms with Crippen LogP contribution in [0.5, 0.6) is 0 Å². The van der Waals surface area contributed by atoms with Crippen molar-refractivity contribution in [3.8, 4) is 0 Å². The fourth-order valence-corrected chi connectivity index (χ4v) is 3.32. The maximum Gasteiger partial charge on any atom is 0.127 e. The second-order valence-corrected chi connectivity index (χ2v) is 6.79. The molecule has 2 nitrogen and oxygen atoms in total. The van der Waals surface area contributed by atoms with Gasteiger partial charge in [0.1, 0.15) is 5.82 Å². The molecule has 0 heterocycles. The Morgan fingerprint density at radius 1 is 1.24 bits per heavy atom. The van der Waals surface area contributed by atoms with Gasteiger partial charge in [-0.05, 0) is 57.6 Å². The lowest BCUT2D eigenvalue weighted by Crippen LogP contribution is -2.58. The maximum atomic E-state index is 14.1. The van der Waals surface area contributed by atoms with E-state index in [9.17, 15) is 4.39 Å². The Morgan fingerprint density at radius 2 is 1.86 bits per heavy atom. The van der Waals surface area contributed by atoms with Crippen molar-refractivity contribution in [2.45, 2.75) is 52.6 Å². The van der Waals surface area contributed by atoms with E-state index in [1.165, 1.54) is 0 Å². The van der Waals surface area contributed by atoms with Crippen LogP contribution in [0.3, 0.4) is 0 Å². The van der Waals surface area contributed by atoms with Crippen LogP contribution in [0.2, 0.25) is 0 Å². The summed E-state index contributed by atoms with van der Waals surface area (Å²) in [6.07, 6.45) is 0.691. The first-order valence-corrected chi connectivity index (χ1v) is 8.58. The van der Waals surface area contributed by atoms with Crippen molar-refractivity contribution in [2.24, 2.45) is 0 Å². The van der Waals surface area contributed by atoms with Gasteiger partial charge in [0.25, 0.3) is 0 Å². The molecule has 0 saturated carbocycles. The van der Waals surface area contributed by atoms with Gasteiger partial charge >= 0.3 is 0 Å². The molecule has 0 aliphatic carbocycles. The molecule has 4 heteroatoms. The highest BCUT2D eigenvalue weighted by atomic mass is 79.9. The molecule has 1 atom stereocenters. The Kier molecular flexibility index (Phi) is 7.31. The third-order valence-electron chi connectivity index (χ3n) is 4.32. The van der Waals surface area contributed by atoms with Crippen molar-refractivity contribution >= 4 is 15.9 Å². The zero-order valence-electron chi connectivity index (χ0n) is 13.8. The molecule has 120 valence electrons. The van der Waals surface area contributed by atoms with Crippen LogP contribution >= 0.6 is 15.9 Å². The molecule has 0 fully saturated rings. The molecule has 1 rings (SSSR count). The molecule has 1 unspecified atom stereocenters. The second-order valence-electron chi connectivity index (χ2n) is 5.88. The molecule has 0 saturated heterocycles. The van der Waals surface area contributed by atoms with Crippen LogP contribution in [0.15, 0.2) is 22.7 Å².